The van der Waals surface area contributed by atoms with Crippen molar-refractivity contribution in [1.29, 1.82) is 0 Å². The summed E-state index contributed by atoms with van der Waals surface area (Å²) < 4.78 is 0. The van der Waals surface area contributed by atoms with Crippen LogP contribution in [0.4, 0.5) is 22.7 Å². The summed E-state index contributed by atoms with van der Waals surface area (Å²) in [5.74, 6) is 0. The van der Waals surface area contributed by atoms with Gasteiger partial charge in [-0.2, -0.15) is 0 Å². The first-order chi connectivity index (χ1) is 25.8. The molecular weight excluding hydrogens is 626 g/mol. The van der Waals surface area contributed by atoms with Crippen LogP contribution in [0.15, 0.2) is 182 Å². The van der Waals surface area contributed by atoms with E-state index in [1.807, 2.05) is 0 Å². The van der Waals surface area contributed by atoms with Crippen LogP contribution >= 0.6 is 0 Å². The Kier molecular flexibility index (Phi) is 5.70. The van der Waals surface area contributed by atoms with Gasteiger partial charge in [0, 0.05) is 45.0 Å². The molecular formula is C48H30B2N2. The molecule has 0 aliphatic carbocycles. The van der Waals surface area contributed by atoms with Crippen LogP contribution in [0.2, 0.25) is 0 Å². The van der Waals surface area contributed by atoms with Gasteiger partial charge in [-0.25, -0.2) is 0 Å². The molecule has 0 unspecified atom stereocenters. The van der Waals surface area contributed by atoms with Crippen molar-refractivity contribution in [3.63, 3.8) is 0 Å². The molecule has 8 aromatic rings. The zero-order valence-corrected chi connectivity index (χ0v) is 28.4. The number of para-hydroxylation sites is 2. The van der Waals surface area contributed by atoms with E-state index in [9.17, 15) is 0 Å². The Bertz CT molecular complexity index is 2800. The summed E-state index contributed by atoms with van der Waals surface area (Å²) in [7, 11) is 0. The van der Waals surface area contributed by atoms with Crippen LogP contribution in [0.5, 0.6) is 0 Å². The van der Waals surface area contributed by atoms with Crippen LogP contribution in [0, 0.1) is 0 Å². The van der Waals surface area contributed by atoms with Crippen LogP contribution in [-0.4, -0.2) is 13.7 Å². The van der Waals surface area contributed by atoms with Gasteiger partial charge in [0.25, 0.3) is 0 Å². The van der Waals surface area contributed by atoms with Gasteiger partial charge in [-0.3, -0.25) is 0 Å². The van der Waals surface area contributed by atoms with Gasteiger partial charge in [0.2, 0.25) is 0 Å². The maximum absolute atomic E-state index is 2.61. The van der Waals surface area contributed by atoms with Crippen molar-refractivity contribution in [2.75, 3.05) is 9.62 Å². The van der Waals surface area contributed by atoms with Crippen molar-refractivity contribution in [3.8, 4) is 55.6 Å². The highest BCUT2D eigenvalue weighted by Crippen LogP contribution is 2.51. The van der Waals surface area contributed by atoms with Crippen LogP contribution < -0.4 is 31.5 Å². The van der Waals surface area contributed by atoms with Gasteiger partial charge in [-0.15, -0.1) is 0 Å². The summed E-state index contributed by atoms with van der Waals surface area (Å²) in [4.78, 5) is 5.21. The molecule has 0 atom stereocenters. The van der Waals surface area contributed by atoms with Gasteiger partial charge in [-0.05, 0) is 79.5 Å². The fourth-order valence-electron chi connectivity index (χ4n) is 9.83. The second kappa shape index (κ2) is 10.5. The van der Waals surface area contributed by atoms with E-state index in [-0.39, 0.29) is 13.7 Å². The van der Waals surface area contributed by atoms with Gasteiger partial charge in [0.1, 0.15) is 0 Å². The van der Waals surface area contributed by atoms with Gasteiger partial charge < -0.3 is 9.62 Å². The molecule has 0 bridgehead atoms. The molecule has 0 N–H and O–H groups in total. The summed E-state index contributed by atoms with van der Waals surface area (Å²) in [6.45, 7) is 0.178. The number of benzene rings is 8. The molecule has 238 valence electrons. The summed E-state index contributed by atoms with van der Waals surface area (Å²) in [6.07, 6.45) is 0. The highest BCUT2D eigenvalue weighted by atomic mass is 15.1. The zero-order valence-electron chi connectivity index (χ0n) is 28.4. The number of anilines is 4. The quantitative estimate of drug-likeness (QED) is 0.163. The van der Waals surface area contributed by atoms with Crippen LogP contribution in [0.25, 0.3) is 55.6 Å². The Labute approximate surface area is 304 Å². The first kappa shape index (κ1) is 28.2. The molecule has 8 aromatic carbocycles. The normalized spacial score (nSPS) is 13.6. The lowest BCUT2D eigenvalue weighted by Gasteiger charge is -2.44. The van der Waals surface area contributed by atoms with Gasteiger partial charge in [0.05, 0.1) is 0 Å². The third-order valence-corrected chi connectivity index (χ3v) is 11.9. The number of nitrogens with zero attached hydrogens (tertiary/aromatic N) is 2. The maximum atomic E-state index is 2.61. The van der Waals surface area contributed by atoms with E-state index in [0.29, 0.717) is 0 Å². The smallest absolute Gasteiger partial charge is 0.329 e. The van der Waals surface area contributed by atoms with Crippen molar-refractivity contribution in [3.05, 3.63) is 182 Å². The fourth-order valence-corrected chi connectivity index (χ4v) is 9.83. The Balaban J connectivity index is 1.12. The molecule has 0 spiro atoms. The maximum Gasteiger partial charge on any atom is 0.329 e. The molecule has 4 aliphatic heterocycles. The molecule has 0 amide bonds. The lowest BCUT2D eigenvalue weighted by Crippen LogP contribution is -2.59. The van der Waals surface area contributed by atoms with Gasteiger partial charge >= 0.3 is 13.7 Å². The number of rotatable bonds is 1. The Hall–Kier alpha value is -6.51. The molecule has 0 saturated carbocycles. The first-order valence-corrected chi connectivity index (χ1v) is 18.3. The zero-order chi connectivity index (χ0) is 33.9. The standard InChI is InChI=1S/C48H30B2N2/c1-7-21-40-34(15-1)37-18-6-12-26-45(37)52-47-30-31(28-29-38(47)35-16-3-9-23-42(35)49(40)52)32-20-13-27-46-48(32)39-19-4-10-24-43(39)50-41-22-8-2-14-33(41)36-17-5-11-25-44(36)51(46)50/h1-30H. The number of hydrogen-bond donors (Lipinski definition) is 0. The topological polar surface area (TPSA) is 6.48 Å². The number of hydrogen-bond acceptors (Lipinski definition) is 2. The third-order valence-electron chi connectivity index (χ3n) is 11.9. The van der Waals surface area contributed by atoms with E-state index in [1.165, 1.54) is 100 Å². The van der Waals surface area contributed by atoms with E-state index >= 15 is 0 Å². The minimum Gasteiger partial charge on any atom is -0.376 e. The van der Waals surface area contributed by atoms with Crippen LogP contribution in [0.3, 0.4) is 0 Å². The predicted molar refractivity (Wildman–Crippen MR) is 221 cm³/mol. The summed E-state index contributed by atoms with van der Waals surface area (Å²) in [5, 5.41) is 0. The van der Waals surface area contributed by atoms with Crippen molar-refractivity contribution in [2.45, 2.75) is 0 Å². The second-order valence-electron chi connectivity index (χ2n) is 14.4. The van der Waals surface area contributed by atoms with E-state index in [0.717, 1.165) is 0 Å². The molecule has 0 saturated heterocycles. The Morgan fingerprint density at radius 2 is 0.654 bits per heavy atom. The summed E-state index contributed by atoms with van der Waals surface area (Å²) in [5.41, 5.74) is 23.3. The SMILES string of the molecule is c1ccc2c(c1)B1c3ccccc3-c3ccc(-c4cccc5c4-c4ccccc4B4c6ccccc6-c6ccccc6N45)cc3N1c1ccccc1-2. The van der Waals surface area contributed by atoms with Crippen LogP contribution in [-0.2, 0) is 0 Å². The summed E-state index contributed by atoms with van der Waals surface area (Å²) >= 11 is 0. The van der Waals surface area contributed by atoms with Crippen molar-refractivity contribution < 1.29 is 0 Å². The van der Waals surface area contributed by atoms with E-state index < -0.39 is 0 Å². The minimum atomic E-state index is 0.0844. The molecule has 4 heterocycles. The monoisotopic (exact) mass is 656 g/mol. The van der Waals surface area contributed by atoms with Crippen LogP contribution in [0.1, 0.15) is 0 Å². The lowest BCUT2D eigenvalue weighted by molar-refractivity contribution is 1.34. The first-order valence-electron chi connectivity index (χ1n) is 18.3. The summed E-state index contributed by atoms with van der Waals surface area (Å²) in [6, 6.07) is 68.0. The molecule has 4 heteroatoms. The molecule has 52 heavy (non-hydrogen) atoms. The van der Waals surface area contributed by atoms with Gasteiger partial charge in [-0.1, -0.05) is 158 Å². The van der Waals surface area contributed by atoms with Crippen molar-refractivity contribution in [2.24, 2.45) is 0 Å². The highest BCUT2D eigenvalue weighted by molar-refractivity contribution is 6.93. The average molecular weight is 656 g/mol. The minimum absolute atomic E-state index is 0.0844. The number of fused-ring (bicyclic) bond motifs is 22. The molecule has 4 aliphatic rings. The fraction of sp³-hybridized carbons (Fsp3) is 0. The third kappa shape index (κ3) is 3.66. The van der Waals surface area contributed by atoms with Crippen molar-refractivity contribution >= 4 is 58.3 Å². The Morgan fingerprint density at radius 3 is 1.21 bits per heavy atom. The van der Waals surface area contributed by atoms with E-state index in [2.05, 4.69) is 192 Å². The van der Waals surface area contributed by atoms with Crippen molar-refractivity contribution in [1.82, 2.24) is 0 Å². The second-order valence-corrected chi connectivity index (χ2v) is 14.4. The largest absolute Gasteiger partial charge is 0.376 e. The highest BCUT2D eigenvalue weighted by Gasteiger charge is 2.44. The van der Waals surface area contributed by atoms with E-state index in [1.54, 1.807) is 0 Å². The molecule has 2 nitrogen and oxygen atoms in total. The molecule has 12 rings (SSSR count). The molecule has 0 fully saturated rings. The molecule has 0 aromatic heterocycles. The average Bonchev–Trinajstić information content (AvgIpc) is 3.23. The predicted octanol–water partition coefficient (Wildman–Crippen LogP) is 9.16. The molecule has 0 radical (unpaired) electrons. The lowest BCUT2D eigenvalue weighted by atomic mass is 9.43. The van der Waals surface area contributed by atoms with Gasteiger partial charge in [0.15, 0.2) is 0 Å². The van der Waals surface area contributed by atoms with E-state index in [4.69, 9.17) is 0 Å². The Morgan fingerprint density at radius 1 is 0.269 bits per heavy atom.